The van der Waals surface area contributed by atoms with E-state index >= 15 is 0 Å². The average Bonchev–Trinajstić information content (AvgIpc) is 2.72. The van der Waals surface area contributed by atoms with Gasteiger partial charge in [0.05, 0.1) is 16.3 Å². The molecule has 0 bridgehead atoms. The summed E-state index contributed by atoms with van der Waals surface area (Å²) in [5, 5.41) is 0. The molecule has 0 radical (unpaired) electrons. The Morgan fingerprint density at radius 1 is 0.806 bits per heavy atom. The summed E-state index contributed by atoms with van der Waals surface area (Å²) in [6.45, 7) is 7.19. The summed E-state index contributed by atoms with van der Waals surface area (Å²) in [6.07, 6.45) is 0. The van der Waals surface area contributed by atoms with E-state index < -0.39 is 26.6 Å². The number of rotatable bonds is 7. The minimum Gasteiger partial charge on any atom is -0.206 e. The summed E-state index contributed by atoms with van der Waals surface area (Å²) in [5.41, 5.74) is 2.72. The molecule has 8 heteroatoms. The van der Waals surface area contributed by atoms with E-state index in [0.29, 0.717) is 14.8 Å². The molecule has 0 aromatic heterocycles. The molecule has 0 atom stereocenters. The van der Waals surface area contributed by atoms with E-state index in [1.807, 2.05) is 19.9 Å². The molecule has 3 rings (SSSR count). The molecule has 3 aromatic rings. The third-order valence-electron chi connectivity index (χ3n) is 4.73. The summed E-state index contributed by atoms with van der Waals surface area (Å²) in [5.74, 6) is 0. The lowest BCUT2D eigenvalue weighted by Crippen LogP contribution is -2.38. The molecule has 162 valence electrons. The lowest BCUT2D eigenvalue weighted by molar-refractivity contribution is 0.515. The second-order valence-electron chi connectivity index (χ2n) is 7.18. The number of sulfonamides is 2. The van der Waals surface area contributed by atoms with Crippen LogP contribution < -0.4 is 0 Å². The van der Waals surface area contributed by atoms with E-state index in [-0.39, 0.29) is 9.79 Å². The molecule has 0 aliphatic carbocycles. The third kappa shape index (κ3) is 5.15. The minimum absolute atomic E-state index is 0.101. The monoisotopic (exact) mass is 519 g/mol. The van der Waals surface area contributed by atoms with E-state index in [2.05, 4.69) is 22.5 Å². The van der Waals surface area contributed by atoms with Crippen molar-refractivity contribution in [2.24, 2.45) is 0 Å². The Hall–Kier alpha value is -2.26. The first-order chi connectivity index (χ1) is 14.5. The van der Waals surface area contributed by atoms with Gasteiger partial charge in [0, 0.05) is 4.47 Å². The summed E-state index contributed by atoms with van der Waals surface area (Å²) >= 11 is 3.37. The highest BCUT2D eigenvalue weighted by Crippen LogP contribution is 2.28. The fraction of sp³-hybridized carbons (Fsp3) is 0.130. The van der Waals surface area contributed by atoms with Crippen LogP contribution in [0, 0.1) is 13.8 Å². The van der Waals surface area contributed by atoms with Gasteiger partial charge in [0.15, 0.2) is 0 Å². The van der Waals surface area contributed by atoms with Crippen molar-refractivity contribution in [3.05, 3.63) is 101 Å². The SMILES string of the molecule is C=C(CN(S(=O)(=O)c1ccc(C)cc1)S(=O)(=O)c1ccc(C)cc1)c1cccc(Br)c1. The van der Waals surface area contributed by atoms with Gasteiger partial charge in [-0.2, -0.15) is 0 Å². The van der Waals surface area contributed by atoms with E-state index in [0.717, 1.165) is 15.6 Å². The number of halogens is 1. The molecule has 0 saturated carbocycles. The zero-order valence-corrected chi connectivity index (χ0v) is 20.3. The quantitative estimate of drug-likeness (QED) is 0.432. The van der Waals surface area contributed by atoms with Crippen molar-refractivity contribution in [1.29, 1.82) is 0 Å². The summed E-state index contributed by atoms with van der Waals surface area (Å²) in [6, 6.07) is 19.3. The van der Waals surface area contributed by atoms with Gasteiger partial charge in [-0.3, -0.25) is 0 Å². The number of aryl methyl sites for hydroxylation is 2. The zero-order chi connectivity index (χ0) is 22.8. The van der Waals surface area contributed by atoms with Crippen molar-refractivity contribution >= 4 is 41.5 Å². The van der Waals surface area contributed by atoms with Crippen molar-refractivity contribution in [3.63, 3.8) is 0 Å². The molecule has 0 heterocycles. The van der Waals surface area contributed by atoms with Gasteiger partial charge in [-0.1, -0.05) is 73.7 Å². The molecule has 0 saturated heterocycles. The molecule has 0 unspecified atom stereocenters. The number of hydrogen-bond acceptors (Lipinski definition) is 4. The van der Waals surface area contributed by atoms with Crippen molar-refractivity contribution in [3.8, 4) is 0 Å². The van der Waals surface area contributed by atoms with Gasteiger partial charge < -0.3 is 0 Å². The molecule has 5 nitrogen and oxygen atoms in total. The maximum atomic E-state index is 13.5. The molecular formula is C23H22BrNO4S2. The molecular weight excluding hydrogens is 498 g/mol. The van der Waals surface area contributed by atoms with Crippen LogP contribution in [0.1, 0.15) is 16.7 Å². The topological polar surface area (TPSA) is 71.5 Å². The van der Waals surface area contributed by atoms with Crippen molar-refractivity contribution in [1.82, 2.24) is 3.71 Å². The van der Waals surface area contributed by atoms with E-state index in [1.165, 1.54) is 24.3 Å². The normalized spacial score (nSPS) is 12.1. The molecule has 3 aromatic carbocycles. The summed E-state index contributed by atoms with van der Waals surface area (Å²) in [4.78, 5) is -0.202. The minimum atomic E-state index is -4.37. The first-order valence-corrected chi connectivity index (χ1v) is 13.0. The van der Waals surface area contributed by atoms with Gasteiger partial charge in [0.2, 0.25) is 0 Å². The van der Waals surface area contributed by atoms with Gasteiger partial charge in [-0.25, -0.2) is 16.8 Å². The van der Waals surface area contributed by atoms with Crippen LogP contribution in [0.5, 0.6) is 0 Å². The van der Waals surface area contributed by atoms with Crippen LogP contribution in [0.4, 0.5) is 0 Å². The summed E-state index contributed by atoms with van der Waals surface area (Å²) in [7, 11) is -8.75. The number of hydrogen-bond donors (Lipinski definition) is 0. The molecule has 0 aliphatic rings. The number of nitrogens with zero attached hydrogens (tertiary/aromatic N) is 1. The van der Waals surface area contributed by atoms with Gasteiger partial charge in [0.1, 0.15) is 0 Å². The van der Waals surface area contributed by atoms with Crippen LogP contribution in [0.25, 0.3) is 5.57 Å². The fourth-order valence-corrected chi connectivity index (χ4v) is 6.94. The van der Waals surface area contributed by atoms with Gasteiger partial charge in [0.25, 0.3) is 20.0 Å². The number of benzene rings is 3. The van der Waals surface area contributed by atoms with Crippen molar-refractivity contribution in [2.75, 3.05) is 6.54 Å². The third-order valence-corrected chi connectivity index (χ3v) is 9.46. The van der Waals surface area contributed by atoms with Crippen LogP contribution in [0.2, 0.25) is 0 Å². The smallest absolute Gasteiger partial charge is 0.206 e. The Morgan fingerprint density at radius 2 is 1.26 bits per heavy atom. The van der Waals surface area contributed by atoms with Gasteiger partial charge in [-0.15, -0.1) is 0 Å². The lowest BCUT2D eigenvalue weighted by atomic mass is 10.1. The first-order valence-electron chi connectivity index (χ1n) is 9.37. The lowest BCUT2D eigenvalue weighted by Gasteiger charge is -2.23. The highest BCUT2D eigenvalue weighted by molar-refractivity contribution is 9.10. The Balaban J connectivity index is 2.12. The molecule has 0 amide bonds. The van der Waals surface area contributed by atoms with Crippen LogP contribution in [0.3, 0.4) is 0 Å². The van der Waals surface area contributed by atoms with Crippen LogP contribution in [0.15, 0.2) is 93.6 Å². The Morgan fingerprint density at radius 3 is 1.68 bits per heavy atom. The summed E-state index contributed by atoms with van der Waals surface area (Å²) < 4.78 is 55.1. The predicted molar refractivity (Wildman–Crippen MR) is 127 cm³/mol. The second kappa shape index (κ2) is 9.08. The average molecular weight is 520 g/mol. The van der Waals surface area contributed by atoms with E-state index in [4.69, 9.17) is 0 Å². The first kappa shape index (κ1) is 23.4. The Kier molecular flexibility index (Phi) is 6.85. The van der Waals surface area contributed by atoms with Gasteiger partial charge >= 0.3 is 0 Å². The maximum Gasteiger partial charge on any atom is 0.256 e. The van der Waals surface area contributed by atoms with Crippen LogP contribution in [-0.2, 0) is 20.0 Å². The highest BCUT2D eigenvalue weighted by atomic mass is 79.9. The molecule has 0 spiro atoms. The Labute approximate surface area is 192 Å². The second-order valence-corrected chi connectivity index (χ2v) is 12.1. The van der Waals surface area contributed by atoms with Crippen molar-refractivity contribution < 1.29 is 16.8 Å². The van der Waals surface area contributed by atoms with E-state index in [1.54, 1.807) is 42.5 Å². The predicted octanol–water partition coefficient (Wildman–Crippen LogP) is 5.16. The molecule has 0 fully saturated rings. The molecule has 31 heavy (non-hydrogen) atoms. The zero-order valence-electron chi connectivity index (χ0n) is 17.1. The standard InChI is InChI=1S/C23H22BrNO4S2/c1-17-7-11-22(12-8-17)30(26,27)25(16-19(3)20-5-4-6-21(24)15-20)31(28,29)23-13-9-18(2)10-14-23/h4-15H,3,16H2,1-2H3. The fourth-order valence-electron chi connectivity index (χ4n) is 2.91. The van der Waals surface area contributed by atoms with Crippen LogP contribution >= 0.6 is 15.9 Å². The maximum absolute atomic E-state index is 13.5. The molecule has 0 aliphatic heterocycles. The molecule has 0 N–H and O–H groups in total. The van der Waals surface area contributed by atoms with E-state index in [9.17, 15) is 16.8 Å². The highest BCUT2D eigenvalue weighted by Gasteiger charge is 2.37. The van der Waals surface area contributed by atoms with Crippen molar-refractivity contribution in [2.45, 2.75) is 23.6 Å². The largest absolute Gasteiger partial charge is 0.256 e. The Bertz CT molecular complexity index is 1240. The van der Waals surface area contributed by atoms with Crippen LogP contribution in [-0.4, -0.2) is 27.1 Å². The van der Waals surface area contributed by atoms with Gasteiger partial charge in [-0.05, 0) is 61.4 Å².